The average Bonchev–Trinajstić information content (AvgIpc) is 3.28. The van der Waals surface area contributed by atoms with Gasteiger partial charge in [0.25, 0.3) is 5.91 Å². The number of rotatable bonds is 6. The van der Waals surface area contributed by atoms with E-state index >= 15 is 0 Å². The summed E-state index contributed by atoms with van der Waals surface area (Å²) in [6, 6.07) is 8.96. The van der Waals surface area contributed by atoms with Crippen LogP contribution in [0.25, 0.3) is 0 Å². The molecule has 8 nitrogen and oxygen atoms in total. The fourth-order valence-corrected chi connectivity index (χ4v) is 4.25. The summed E-state index contributed by atoms with van der Waals surface area (Å²) in [4.78, 5) is 44.0. The second-order valence-corrected chi connectivity index (χ2v) is 8.61. The van der Waals surface area contributed by atoms with Crippen molar-refractivity contribution < 1.29 is 27.6 Å². The normalized spacial score (nSPS) is 16.9. The second kappa shape index (κ2) is 10.3. The molecular weight excluding hydrogens is 463 g/mol. The Hall–Kier alpha value is -3.63. The SMILES string of the molecule is O=C(CNC(=O)c1ccc(N2CCCC2=O)cc1)NC1CCN(c2ccc(C(F)(F)F)cn2)CC1. The summed E-state index contributed by atoms with van der Waals surface area (Å²) in [6.07, 6.45) is -1.03. The molecule has 0 unspecified atom stereocenters. The molecule has 4 rings (SSSR count). The van der Waals surface area contributed by atoms with E-state index in [2.05, 4.69) is 15.6 Å². The third-order valence-corrected chi connectivity index (χ3v) is 6.18. The molecule has 2 fully saturated rings. The maximum atomic E-state index is 12.7. The number of nitrogens with zero attached hydrogens (tertiary/aromatic N) is 3. The molecule has 1 aromatic heterocycles. The number of pyridine rings is 1. The minimum atomic E-state index is -4.42. The Morgan fingerprint density at radius 1 is 1.03 bits per heavy atom. The molecule has 0 spiro atoms. The minimum absolute atomic E-state index is 0.0697. The number of carbonyl (C=O) groups is 3. The van der Waals surface area contributed by atoms with Gasteiger partial charge < -0.3 is 20.4 Å². The van der Waals surface area contributed by atoms with Gasteiger partial charge in [0.15, 0.2) is 0 Å². The number of carbonyl (C=O) groups excluding carboxylic acids is 3. The molecule has 2 N–H and O–H groups in total. The lowest BCUT2D eigenvalue weighted by Crippen LogP contribution is -2.47. The predicted octanol–water partition coefficient (Wildman–Crippen LogP) is 2.74. The molecule has 0 bridgehead atoms. The van der Waals surface area contributed by atoms with E-state index in [1.54, 1.807) is 29.2 Å². The Labute approximate surface area is 200 Å². The molecule has 2 aliphatic rings. The van der Waals surface area contributed by atoms with Crippen LogP contribution in [0.15, 0.2) is 42.6 Å². The highest BCUT2D eigenvalue weighted by atomic mass is 19.4. The van der Waals surface area contributed by atoms with Crippen molar-refractivity contribution in [1.29, 1.82) is 0 Å². The molecule has 0 radical (unpaired) electrons. The summed E-state index contributed by atoms with van der Waals surface area (Å²) in [5.74, 6) is -0.165. The molecule has 3 heterocycles. The largest absolute Gasteiger partial charge is 0.417 e. The maximum absolute atomic E-state index is 12.7. The highest BCUT2D eigenvalue weighted by Gasteiger charge is 2.31. The van der Waals surface area contributed by atoms with Crippen molar-refractivity contribution in [3.8, 4) is 0 Å². The molecule has 35 heavy (non-hydrogen) atoms. The van der Waals surface area contributed by atoms with Gasteiger partial charge in [0, 0.05) is 49.5 Å². The summed E-state index contributed by atoms with van der Waals surface area (Å²) in [7, 11) is 0. The van der Waals surface area contributed by atoms with Crippen LogP contribution in [-0.4, -0.2) is 54.9 Å². The van der Waals surface area contributed by atoms with Crippen LogP contribution in [0.2, 0.25) is 0 Å². The molecule has 0 aliphatic carbocycles. The van der Waals surface area contributed by atoms with Gasteiger partial charge in [-0.15, -0.1) is 0 Å². The summed E-state index contributed by atoms with van der Waals surface area (Å²) >= 11 is 0. The highest BCUT2D eigenvalue weighted by molar-refractivity contribution is 5.98. The minimum Gasteiger partial charge on any atom is -0.356 e. The third-order valence-electron chi connectivity index (χ3n) is 6.18. The van der Waals surface area contributed by atoms with Gasteiger partial charge >= 0.3 is 6.18 Å². The first-order valence-corrected chi connectivity index (χ1v) is 11.5. The number of benzene rings is 1. The molecule has 3 amide bonds. The van der Waals surface area contributed by atoms with Crippen molar-refractivity contribution in [2.24, 2.45) is 0 Å². The van der Waals surface area contributed by atoms with E-state index in [9.17, 15) is 27.6 Å². The van der Waals surface area contributed by atoms with Crippen LogP contribution in [0.4, 0.5) is 24.7 Å². The molecule has 11 heteroatoms. The second-order valence-electron chi connectivity index (χ2n) is 8.61. The van der Waals surface area contributed by atoms with E-state index in [1.807, 2.05) is 4.90 Å². The number of alkyl halides is 3. The van der Waals surface area contributed by atoms with Crippen molar-refractivity contribution in [3.05, 3.63) is 53.7 Å². The monoisotopic (exact) mass is 489 g/mol. The summed E-state index contributed by atoms with van der Waals surface area (Å²) in [6.45, 7) is 1.58. The van der Waals surface area contributed by atoms with Crippen LogP contribution in [0.5, 0.6) is 0 Å². The summed E-state index contributed by atoms with van der Waals surface area (Å²) < 4.78 is 38.1. The number of anilines is 2. The number of piperidine rings is 1. The van der Waals surface area contributed by atoms with Gasteiger partial charge in [-0.1, -0.05) is 0 Å². The molecule has 186 valence electrons. The van der Waals surface area contributed by atoms with E-state index in [-0.39, 0.29) is 30.3 Å². The topological polar surface area (TPSA) is 94.6 Å². The van der Waals surface area contributed by atoms with Crippen LogP contribution in [-0.2, 0) is 15.8 Å². The Morgan fingerprint density at radius 3 is 2.31 bits per heavy atom. The lowest BCUT2D eigenvalue weighted by atomic mass is 10.0. The van der Waals surface area contributed by atoms with Crippen LogP contribution in [0.1, 0.15) is 41.6 Å². The van der Waals surface area contributed by atoms with Crippen LogP contribution >= 0.6 is 0 Å². The molecule has 2 saturated heterocycles. The molecule has 0 atom stereocenters. The molecule has 0 saturated carbocycles. The fraction of sp³-hybridized carbons (Fsp3) is 0.417. The zero-order valence-corrected chi connectivity index (χ0v) is 19.0. The van der Waals surface area contributed by atoms with Crippen molar-refractivity contribution in [3.63, 3.8) is 0 Å². The van der Waals surface area contributed by atoms with Crippen LogP contribution in [0, 0.1) is 0 Å². The Kier molecular flexibility index (Phi) is 7.23. The van der Waals surface area contributed by atoms with Gasteiger partial charge in [0.2, 0.25) is 11.8 Å². The van der Waals surface area contributed by atoms with Crippen LogP contribution in [0.3, 0.4) is 0 Å². The number of amides is 3. The smallest absolute Gasteiger partial charge is 0.356 e. The zero-order valence-electron chi connectivity index (χ0n) is 19.0. The van der Waals surface area contributed by atoms with E-state index < -0.39 is 11.7 Å². The van der Waals surface area contributed by atoms with Crippen molar-refractivity contribution >= 4 is 29.2 Å². The molecular formula is C24H26F3N5O3. The first-order valence-electron chi connectivity index (χ1n) is 11.5. The van der Waals surface area contributed by atoms with Gasteiger partial charge in [0.05, 0.1) is 12.1 Å². The standard InChI is InChI=1S/C24H26F3N5O3/c25-24(26,27)17-5-8-20(28-14-17)31-12-9-18(10-13-31)30-21(33)15-29-23(35)16-3-6-19(7-4-16)32-11-1-2-22(32)34/h3-8,14,18H,1-2,9-13,15H2,(H,29,35)(H,30,33). The Balaban J connectivity index is 1.19. The lowest BCUT2D eigenvalue weighted by Gasteiger charge is -2.33. The van der Waals surface area contributed by atoms with Gasteiger partial charge in [-0.25, -0.2) is 4.98 Å². The number of hydrogen-bond donors (Lipinski definition) is 2. The van der Waals surface area contributed by atoms with Crippen molar-refractivity contribution in [2.45, 2.75) is 37.9 Å². The van der Waals surface area contributed by atoms with E-state index in [0.717, 1.165) is 24.4 Å². The highest BCUT2D eigenvalue weighted by Crippen LogP contribution is 2.29. The maximum Gasteiger partial charge on any atom is 0.417 e. The predicted molar refractivity (Wildman–Crippen MR) is 123 cm³/mol. The quantitative estimate of drug-likeness (QED) is 0.651. The summed E-state index contributed by atoms with van der Waals surface area (Å²) in [5.41, 5.74) is 0.355. The van der Waals surface area contributed by atoms with Gasteiger partial charge in [-0.05, 0) is 55.7 Å². The number of aromatic nitrogens is 1. The average molecular weight is 489 g/mol. The van der Waals surface area contributed by atoms with Crippen molar-refractivity contribution in [2.75, 3.05) is 36.0 Å². The first kappa shape index (κ1) is 24.5. The summed E-state index contributed by atoms with van der Waals surface area (Å²) in [5, 5.41) is 5.48. The Bertz CT molecular complexity index is 1070. The van der Waals surface area contributed by atoms with Gasteiger partial charge in [0.1, 0.15) is 5.82 Å². The van der Waals surface area contributed by atoms with Gasteiger partial charge in [-0.3, -0.25) is 14.4 Å². The third kappa shape index (κ3) is 6.09. The van der Waals surface area contributed by atoms with Gasteiger partial charge in [-0.2, -0.15) is 13.2 Å². The molecule has 2 aromatic rings. The van der Waals surface area contributed by atoms with E-state index in [0.29, 0.717) is 50.3 Å². The Morgan fingerprint density at radius 2 is 1.74 bits per heavy atom. The van der Waals surface area contributed by atoms with E-state index in [1.165, 1.54) is 6.07 Å². The number of halogens is 3. The fourth-order valence-electron chi connectivity index (χ4n) is 4.25. The number of nitrogens with one attached hydrogen (secondary N) is 2. The molecule has 2 aliphatic heterocycles. The van der Waals surface area contributed by atoms with E-state index in [4.69, 9.17) is 0 Å². The lowest BCUT2D eigenvalue weighted by molar-refractivity contribution is -0.137. The zero-order chi connectivity index (χ0) is 25.0. The van der Waals surface area contributed by atoms with Crippen LogP contribution < -0.4 is 20.4 Å². The first-order chi connectivity index (χ1) is 16.7. The number of hydrogen-bond acceptors (Lipinski definition) is 5. The van der Waals surface area contributed by atoms with Crippen molar-refractivity contribution in [1.82, 2.24) is 15.6 Å². The molecule has 1 aromatic carbocycles.